The van der Waals surface area contributed by atoms with Gasteiger partial charge in [0.15, 0.2) is 0 Å². The standard InChI is InChI=1S/C19H18N4O2S/c1-26-16-4-2-13(3-5-16)11-23-12-15(10-17(23)24)19-21-18(22-25-19)14-6-8-20-9-7-14/h2-9,15H,10-12H2,1H3. The van der Waals surface area contributed by atoms with E-state index in [4.69, 9.17) is 4.52 Å². The molecular weight excluding hydrogens is 348 g/mol. The predicted molar refractivity (Wildman–Crippen MR) is 98.5 cm³/mol. The minimum Gasteiger partial charge on any atom is -0.339 e. The molecule has 132 valence electrons. The van der Waals surface area contributed by atoms with E-state index < -0.39 is 0 Å². The molecule has 1 amide bonds. The van der Waals surface area contributed by atoms with E-state index in [1.807, 2.05) is 23.3 Å². The van der Waals surface area contributed by atoms with E-state index in [9.17, 15) is 4.79 Å². The summed E-state index contributed by atoms with van der Waals surface area (Å²) in [4.78, 5) is 23.9. The molecule has 3 heterocycles. The van der Waals surface area contributed by atoms with Crippen molar-refractivity contribution in [1.29, 1.82) is 0 Å². The number of hydrogen-bond acceptors (Lipinski definition) is 6. The number of rotatable bonds is 5. The van der Waals surface area contributed by atoms with E-state index in [0.29, 0.717) is 31.2 Å². The third-order valence-electron chi connectivity index (χ3n) is 4.48. The average Bonchev–Trinajstić information content (AvgIpc) is 3.31. The largest absolute Gasteiger partial charge is 0.339 e. The lowest BCUT2D eigenvalue weighted by molar-refractivity contribution is -0.128. The zero-order valence-electron chi connectivity index (χ0n) is 14.3. The second kappa shape index (κ2) is 7.29. The fourth-order valence-corrected chi connectivity index (χ4v) is 3.47. The molecule has 0 aliphatic carbocycles. The molecule has 1 unspecified atom stereocenters. The predicted octanol–water partition coefficient (Wildman–Crippen LogP) is 3.37. The van der Waals surface area contributed by atoms with E-state index in [1.165, 1.54) is 4.90 Å². The third kappa shape index (κ3) is 3.48. The molecule has 6 nitrogen and oxygen atoms in total. The van der Waals surface area contributed by atoms with Crippen LogP contribution in [0, 0.1) is 0 Å². The Hall–Kier alpha value is -2.67. The number of amides is 1. The van der Waals surface area contributed by atoms with Crippen LogP contribution in [-0.2, 0) is 11.3 Å². The Morgan fingerprint density at radius 3 is 2.69 bits per heavy atom. The molecule has 1 aliphatic heterocycles. The van der Waals surface area contributed by atoms with Gasteiger partial charge in [0.2, 0.25) is 17.6 Å². The molecule has 4 rings (SSSR count). The van der Waals surface area contributed by atoms with Crippen molar-refractivity contribution in [3.8, 4) is 11.4 Å². The highest BCUT2D eigenvalue weighted by Gasteiger charge is 2.34. The zero-order valence-corrected chi connectivity index (χ0v) is 15.1. The number of carbonyl (C=O) groups excluding carboxylic acids is 1. The number of carbonyl (C=O) groups is 1. The lowest BCUT2D eigenvalue weighted by Crippen LogP contribution is -2.24. The Bertz CT molecular complexity index is 895. The number of thioether (sulfide) groups is 1. The van der Waals surface area contributed by atoms with Gasteiger partial charge in [-0.1, -0.05) is 17.3 Å². The highest BCUT2D eigenvalue weighted by atomic mass is 32.2. The molecule has 2 aromatic heterocycles. The normalized spacial score (nSPS) is 17.0. The van der Waals surface area contributed by atoms with Crippen molar-refractivity contribution in [1.82, 2.24) is 20.0 Å². The highest BCUT2D eigenvalue weighted by molar-refractivity contribution is 7.98. The first-order valence-electron chi connectivity index (χ1n) is 8.37. The molecule has 0 saturated carbocycles. The molecular formula is C19H18N4O2S. The van der Waals surface area contributed by atoms with Crippen molar-refractivity contribution < 1.29 is 9.32 Å². The van der Waals surface area contributed by atoms with Gasteiger partial charge in [-0.3, -0.25) is 9.78 Å². The monoisotopic (exact) mass is 366 g/mol. The number of nitrogens with zero attached hydrogens (tertiary/aromatic N) is 4. The first kappa shape index (κ1) is 16.8. The fraction of sp³-hybridized carbons (Fsp3) is 0.263. The van der Waals surface area contributed by atoms with Crippen LogP contribution in [0.2, 0.25) is 0 Å². The minimum atomic E-state index is -0.0592. The number of hydrogen-bond donors (Lipinski definition) is 0. The van der Waals surface area contributed by atoms with Crippen LogP contribution in [0.3, 0.4) is 0 Å². The highest BCUT2D eigenvalue weighted by Crippen LogP contribution is 2.29. The summed E-state index contributed by atoms with van der Waals surface area (Å²) in [5, 5.41) is 4.04. The van der Waals surface area contributed by atoms with Crippen molar-refractivity contribution in [2.24, 2.45) is 0 Å². The van der Waals surface area contributed by atoms with Crippen molar-refractivity contribution >= 4 is 17.7 Å². The molecule has 3 aromatic rings. The van der Waals surface area contributed by atoms with Crippen LogP contribution in [0.5, 0.6) is 0 Å². The van der Waals surface area contributed by atoms with Gasteiger partial charge in [0, 0.05) is 42.4 Å². The second-order valence-corrected chi connectivity index (χ2v) is 7.10. The van der Waals surface area contributed by atoms with Gasteiger partial charge in [-0.15, -0.1) is 11.8 Å². The first-order chi connectivity index (χ1) is 12.7. The molecule has 1 fully saturated rings. The van der Waals surface area contributed by atoms with E-state index >= 15 is 0 Å². The Balaban J connectivity index is 1.45. The molecule has 7 heteroatoms. The van der Waals surface area contributed by atoms with Gasteiger partial charge in [-0.05, 0) is 36.1 Å². The second-order valence-electron chi connectivity index (χ2n) is 6.22. The van der Waals surface area contributed by atoms with E-state index in [1.54, 1.807) is 24.2 Å². The minimum absolute atomic E-state index is 0.0592. The summed E-state index contributed by atoms with van der Waals surface area (Å²) in [6.45, 7) is 1.20. The van der Waals surface area contributed by atoms with Crippen molar-refractivity contribution in [3.05, 3.63) is 60.2 Å². The number of aromatic nitrogens is 3. The van der Waals surface area contributed by atoms with Gasteiger partial charge < -0.3 is 9.42 Å². The van der Waals surface area contributed by atoms with Crippen LogP contribution in [0.1, 0.15) is 23.8 Å². The van der Waals surface area contributed by atoms with Gasteiger partial charge in [-0.25, -0.2) is 0 Å². The zero-order chi connectivity index (χ0) is 17.9. The Labute approximate surface area is 155 Å². The average molecular weight is 366 g/mol. The molecule has 1 aromatic carbocycles. The maximum Gasteiger partial charge on any atom is 0.232 e. The van der Waals surface area contributed by atoms with Crippen LogP contribution >= 0.6 is 11.8 Å². The number of likely N-dealkylation sites (tertiary alicyclic amines) is 1. The summed E-state index contributed by atoms with van der Waals surface area (Å²) in [5.41, 5.74) is 1.98. The van der Waals surface area contributed by atoms with Gasteiger partial charge in [0.05, 0.1) is 5.92 Å². The van der Waals surface area contributed by atoms with Crippen molar-refractivity contribution in [2.45, 2.75) is 23.8 Å². The molecule has 1 saturated heterocycles. The maximum absolute atomic E-state index is 12.4. The summed E-state index contributed by atoms with van der Waals surface area (Å²) in [5.74, 6) is 1.11. The summed E-state index contributed by atoms with van der Waals surface area (Å²) in [6, 6.07) is 12.0. The van der Waals surface area contributed by atoms with Crippen LogP contribution in [0.25, 0.3) is 11.4 Å². The molecule has 0 spiro atoms. The third-order valence-corrected chi connectivity index (χ3v) is 5.22. The molecule has 26 heavy (non-hydrogen) atoms. The molecule has 1 aliphatic rings. The summed E-state index contributed by atoms with van der Waals surface area (Å²) < 4.78 is 5.42. The van der Waals surface area contributed by atoms with E-state index in [2.05, 4.69) is 39.4 Å². The topological polar surface area (TPSA) is 72.1 Å². The molecule has 1 atom stereocenters. The Morgan fingerprint density at radius 1 is 1.19 bits per heavy atom. The Kier molecular flexibility index (Phi) is 4.71. The Morgan fingerprint density at radius 2 is 1.96 bits per heavy atom. The number of pyridine rings is 1. The summed E-state index contributed by atoms with van der Waals surface area (Å²) in [7, 11) is 0. The van der Waals surface area contributed by atoms with Crippen LogP contribution in [-0.4, -0.2) is 38.7 Å². The van der Waals surface area contributed by atoms with Crippen LogP contribution in [0.4, 0.5) is 0 Å². The number of benzene rings is 1. The van der Waals surface area contributed by atoms with E-state index in [0.717, 1.165) is 11.1 Å². The lowest BCUT2D eigenvalue weighted by atomic mass is 10.1. The summed E-state index contributed by atoms with van der Waals surface area (Å²) in [6.07, 6.45) is 5.83. The van der Waals surface area contributed by atoms with Gasteiger partial charge >= 0.3 is 0 Å². The molecule has 0 bridgehead atoms. The quantitative estimate of drug-likeness (QED) is 0.645. The van der Waals surface area contributed by atoms with Gasteiger partial charge in [0.1, 0.15) is 0 Å². The molecule has 0 radical (unpaired) electrons. The first-order valence-corrected chi connectivity index (χ1v) is 9.60. The molecule has 0 N–H and O–H groups in total. The SMILES string of the molecule is CSc1ccc(CN2CC(c3nc(-c4ccncc4)no3)CC2=O)cc1. The van der Waals surface area contributed by atoms with E-state index in [-0.39, 0.29) is 11.8 Å². The van der Waals surface area contributed by atoms with Crippen LogP contribution < -0.4 is 0 Å². The van der Waals surface area contributed by atoms with Gasteiger partial charge in [0.25, 0.3) is 0 Å². The maximum atomic E-state index is 12.4. The lowest BCUT2D eigenvalue weighted by Gasteiger charge is -2.16. The van der Waals surface area contributed by atoms with Crippen molar-refractivity contribution in [2.75, 3.05) is 12.8 Å². The fourth-order valence-electron chi connectivity index (χ4n) is 3.06. The summed E-state index contributed by atoms with van der Waals surface area (Å²) >= 11 is 1.71. The van der Waals surface area contributed by atoms with Gasteiger partial charge in [-0.2, -0.15) is 4.98 Å². The smallest absolute Gasteiger partial charge is 0.232 e. The van der Waals surface area contributed by atoms with Crippen molar-refractivity contribution in [3.63, 3.8) is 0 Å². The van der Waals surface area contributed by atoms with Crippen LogP contribution in [0.15, 0.2) is 58.2 Å².